The maximum atomic E-state index is 5.82. The summed E-state index contributed by atoms with van der Waals surface area (Å²) in [5.41, 5.74) is 11.4. The van der Waals surface area contributed by atoms with Gasteiger partial charge in [-0.05, 0) is 50.6 Å². The molecule has 2 aromatic rings. The van der Waals surface area contributed by atoms with Gasteiger partial charge in [-0.2, -0.15) is 0 Å². The molecular weight excluding hydrogens is 334 g/mol. The van der Waals surface area contributed by atoms with Gasteiger partial charge in [-0.25, -0.2) is 0 Å². The molecule has 1 aromatic heterocycles. The highest BCUT2D eigenvalue weighted by molar-refractivity contribution is 9.10. The van der Waals surface area contributed by atoms with Crippen molar-refractivity contribution in [3.63, 3.8) is 0 Å². The summed E-state index contributed by atoms with van der Waals surface area (Å²) in [5, 5.41) is 3.38. The second-order valence-corrected chi connectivity index (χ2v) is 6.02. The molecule has 3 nitrogen and oxygen atoms in total. The molecule has 0 saturated carbocycles. The van der Waals surface area contributed by atoms with E-state index in [-0.39, 0.29) is 0 Å². The van der Waals surface area contributed by atoms with Crippen LogP contribution in [0.4, 0.5) is 11.4 Å². The van der Waals surface area contributed by atoms with Crippen molar-refractivity contribution in [1.82, 2.24) is 4.98 Å². The molecule has 0 atom stereocenters. The van der Waals surface area contributed by atoms with Gasteiger partial charge in [-0.1, -0.05) is 28.1 Å². The summed E-state index contributed by atoms with van der Waals surface area (Å²) in [7, 11) is 0. The third-order valence-electron chi connectivity index (χ3n) is 3.01. The van der Waals surface area contributed by atoms with Crippen LogP contribution >= 0.6 is 28.1 Å². The first kappa shape index (κ1) is 14.9. The number of nitrogens with one attached hydrogen (secondary N) is 1. The summed E-state index contributed by atoms with van der Waals surface area (Å²) < 4.78 is 1.08. The van der Waals surface area contributed by atoms with E-state index in [4.69, 9.17) is 18.0 Å². The van der Waals surface area contributed by atoms with Gasteiger partial charge in [-0.15, -0.1) is 0 Å². The number of halogens is 1. The molecule has 5 heteroatoms. The van der Waals surface area contributed by atoms with Crippen molar-refractivity contribution in [1.29, 1.82) is 0 Å². The van der Waals surface area contributed by atoms with E-state index < -0.39 is 0 Å². The minimum absolute atomic E-state index is 0.353. The zero-order chi connectivity index (χ0) is 14.9. The maximum Gasteiger partial charge on any atom is 0.107 e. The molecule has 0 aliphatic heterocycles. The fraction of sp³-hybridized carbons (Fsp3) is 0.200. The molecule has 0 bridgehead atoms. The van der Waals surface area contributed by atoms with Crippen molar-refractivity contribution in [2.24, 2.45) is 5.73 Å². The zero-order valence-corrected chi connectivity index (χ0v) is 14.0. The predicted octanol–water partition coefficient (Wildman–Crippen LogP) is 4.15. The van der Waals surface area contributed by atoms with Crippen molar-refractivity contribution in [3.8, 4) is 0 Å². The molecular formula is C15H16BrN3S. The van der Waals surface area contributed by atoms with E-state index >= 15 is 0 Å². The molecule has 1 aromatic carbocycles. The quantitative estimate of drug-likeness (QED) is 0.817. The van der Waals surface area contributed by atoms with Gasteiger partial charge in [0, 0.05) is 21.5 Å². The second-order valence-electron chi connectivity index (χ2n) is 4.72. The van der Waals surface area contributed by atoms with E-state index in [1.165, 1.54) is 0 Å². The molecule has 3 N–H and O–H groups in total. The van der Waals surface area contributed by atoms with Gasteiger partial charge in [0.25, 0.3) is 0 Å². The number of aryl methyl sites for hydroxylation is 3. The summed E-state index contributed by atoms with van der Waals surface area (Å²) in [6.07, 6.45) is 0. The fourth-order valence-electron chi connectivity index (χ4n) is 2.12. The third-order valence-corrected chi connectivity index (χ3v) is 4.11. The lowest BCUT2D eigenvalue weighted by molar-refractivity contribution is 1.12. The highest BCUT2D eigenvalue weighted by atomic mass is 79.9. The maximum absolute atomic E-state index is 5.82. The van der Waals surface area contributed by atoms with Crippen LogP contribution in [0.25, 0.3) is 0 Å². The van der Waals surface area contributed by atoms with Crippen LogP contribution in [0.1, 0.15) is 22.5 Å². The van der Waals surface area contributed by atoms with E-state index in [9.17, 15) is 0 Å². The fourth-order valence-corrected chi connectivity index (χ4v) is 2.62. The van der Waals surface area contributed by atoms with E-state index in [1.54, 1.807) is 0 Å². The average Bonchev–Trinajstić information content (AvgIpc) is 2.32. The van der Waals surface area contributed by atoms with E-state index in [1.807, 2.05) is 39.0 Å². The van der Waals surface area contributed by atoms with Gasteiger partial charge >= 0.3 is 0 Å². The largest absolute Gasteiger partial charge is 0.389 e. The summed E-state index contributed by atoms with van der Waals surface area (Å²) in [4.78, 5) is 4.77. The van der Waals surface area contributed by atoms with Crippen molar-refractivity contribution in [2.45, 2.75) is 20.8 Å². The van der Waals surface area contributed by atoms with Crippen LogP contribution in [0.3, 0.4) is 0 Å². The number of pyridine rings is 1. The van der Waals surface area contributed by atoms with Crippen LogP contribution in [0, 0.1) is 20.8 Å². The van der Waals surface area contributed by atoms with Crippen LogP contribution in [0.2, 0.25) is 0 Å². The Bertz CT molecular complexity index is 683. The molecule has 0 saturated heterocycles. The number of nitrogens with zero attached hydrogens (tertiary/aromatic N) is 1. The second kappa shape index (κ2) is 5.89. The van der Waals surface area contributed by atoms with Crippen LogP contribution in [-0.4, -0.2) is 9.97 Å². The van der Waals surface area contributed by atoms with Gasteiger partial charge in [0.2, 0.25) is 0 Å². The molecule has 0 fully saturated rings. The first-order valence-corrected chi connectivity index (χ1v) is 7.40. The van der Waals surface area contributed by atoms with Gasteiger partial charge in [0.15, 0.2) is 0 Å². The van der Waals surface area contributed by atoms with Gasteiger partial charge < -0.3 is 11.1 Å². The molecule has 20 heavy (non-hydrogen) atoms. The number of hydrogen-bond acceptors (Lipinski definition) is 3. The molecule has 104 valence electrons. The number of anilines is 2. The van der Waals surface area contributed by atoms with Crippen LogP contribution in [0.5, 0.6) is 0 Å². The smallest absolute Gasteiger partial charge is 0.107 e. The molecule has 0 aliphatic carbocycles. The molecule has 0 aliphatic rings. The minimum Gasteiger partial charge on any atom is -0.389 e. The molecule has 0 spiro atoms. The average molecular weight is 350 g/mol. The number of thiocarbonyl (C=S) groups is 1. The van der Waals surface area contributed by atoms with Gasteiger partial charge in [-0.3, -0.25) is 4.98 Å². The number of benzene rings is 1. The Kier molecular flexibility index (Phi) is 4.40. The molecule has 1 heterocycles. The van der Waals surface area contributed by atoms with Crippen LogP contribution in [-0.2, 0) is 0 Å². The first-order chi connectivity index (χ1) is 9.38. The lowest BCUT2D eigenvalue weighted by Gasteiger charge is -2.15. The summed E-state index contributed by atoms with van der Waals surface area (Å²) in [6, 6.07) is 8.04. The van der Waals surface area contributed by atoms with Crippen molar-refractivity contribution in [3.05, 3.63) is 51.3 Å². The Hall–Kier alpha value is -1.46. The number of hydrogen-bond donors (Lipinski definition) is 2. The third kappa shape index (κ3) is 3.16. The minimum atomic E-state index is 0.353. The SMILES string of the molecule is Cc1cc(Nc2ccc(Br)c(C)c2)c(C(N)=S)c(C)n1. The zero-order valence-electron chi connectivity index (χ0n) is 11.6. The lowest BCUT2D eigenvalue weighted by Crippen LogP contribution is -2.15. The Morgan fingerprint density at radius 3 is 2.55 bits per heavy atom. The normalized spacial score (nSPS) is 10.4. The molecule has 0 amide bonds. The Balaban J connectivity index is 2.47. The Morgan fingerprint density at radius 2 is 1.95 bits per heavy atom. The predicted molar refractivity (Wildman–Crippen MR) is 91.8 cm³/mol. The van der Waals surface area contributed by atoms with Crippen LogP contribution in [0.15, 0.2) is 28.7 Å². The Morgan fingerprint density at radius 1 is 1.25 bits per heavy atom. The monoisotopic (exact) mass is 349 g/mol. The summed E-state index contributed by atoms with van der Waals surface area (Å²) in [5.74, 6) is 0. The summed E-state index contributed by atoms with van der Waals surface area (Å²) in [6.45, 7) is 5.92. The van der Waals surface area contributed by atoms with Crippen molar-refractivity contribution >= 4 is 44.5 Å². The van der Waals surface area contributed by atoms with Crippen LogP contribution < -0.4 is 11.1 Å². The standard InChI is InChI=1S/C15H16BrN3S/c1-8-6-11(4-5-12(8)16)19-13-7-9(2)18-10(3)14(13)15(17)20/h4-7H,1-3H3,(H2,17,20)(H,18,19). The highest BCUT2D eigenvalue weighted by Gasteiger charge is 2.11. The lowest BCUT2D eigenvalue weighted by atomic mass is 10.1. The first-order valence-electron chi connectivity index (χ1n) is 6.19. The topological polar surface area (TPSA) is 50.9 Å². The van der Waals surface area contributed by atoms with E-state index in [2.05, 4.69) is 32.3 Å². The number of aromatic nitrogens is 1. The van der Waals surface area contributed by atoms with Gasteiger partial charge in [0.05, 0.1) is 11.3 Å². The van der Waals surface area contributed by atoms with E-state index in [0.717, 1.165) is 38.4 Å². The molecule has 0 unspecified atom stereocenters. The highest BCUT2D eigenvalue weighted by Crippen LogP contribution is 2.26. The number of nitrogens with two attached hydrogens (primary N) is 1. The molecule has 0 radical (unpaired) electrons. The summed E-state index contributed by atoms with van der Waals surface area (Å²) >= 11 is 8.63. The van der Waals surface area contributed by atoms with Crippen molar-refractivity contribution in [2.75, 3.05) is 5.32 Å². The van der Waals surface area contributed by atoms with Gasteiger partial charge in [0.1, 0.15) is 4.99 Å². The van der Waals surface area contributed by atoms with Crippen molar-refractivity contribution < 1.29 is 0 Å². The van der Waals surface area contributed by atoms with E-state index in [0.29, 0.717) is 4.99 Å². The number of rotatable bonds is 3. The molecule has 2 rings (SSSR count). The Labute approximate surface area is 132 Å².